The molecule has 3 atom stereocenters. The molecule has 0 bridgehead atoms. The fourth-order valence-corrected chi connectivity index (χ4v) is 3.52. The molecule has 1 fully saturated rings. The number of allylic oxidation sites excluding steroid dienone is 2. The van der Waals surface area contributed by atoms with Gasteiger partial charge in [-0.3, -0.25) is 19.3 Å². The zero-order valence-electron chi connectivity index (χ0n) is 15.0. The van der Waals surface area contributed by atoms with Crippen LogP contribution >= 0.6 is 11.6 Å². The Balaban J connectivity index is 1.57. The van der Waals surface area contributed by atoms with Crippen LogP contribution in [-0.2, 0) is 23.9 Å². The molecule has 1 N–H and O–H groups in total. The van der Waals surface area contributed by atoms with E-state index in [4.69, 9.17) is 16.3 Å². The fourth-order valence-electron chi connectivity index (χ4n) is 3.35. The number of likely N-dealkylation sites (tertiary alicyclic amines) is 1. The molecule has 2 aliphatic rings. The molecule has 1 heterocycles. The second-order valence-electron chi connectivity index (χ2n) is 6.66. The first kappa shape index (κ1) is 20.0. The van der Waals surface area contributed by atoms with Gasteiger partial charge in [0, 0.05) is 5.02 Å². The quantitative estimate of drug-likeness (QED) is 0.458. The molecule has 0 saturated carbocycles. The number of ether oxygens (including phenoxy) is 1. The highest BCUT2D eigenvalue weighted by Gasteiger charge is 2.50. The first-order valence-corrected chi connectivity index (χ1v) is 9.11. The highest BCUT2D eigenvalue weighted by Crippen LogP contribution is 2.36. The SMILES string of the molecule is C[C@@H](C(=O)OCC(=O)Nc1cc(Cl)ccc1F)N1C(=O)[C@H]2CC=CC[C@@H]2C1=O. The minimum Gasteiger partial charge on any atom is -0.454 e. The summed E-state index contributed by atoms with van der Waals surface area (Å²) >= 11 is 5.74. The molecule has 1 aliphatic heterocycles. The van der Waals surface area contributed by atoms with E-state index in [1.807, 2.05) is 12.2 Å². The number of carbonyl (C=O) groups is 4. The lowest BCUT2D eigenvalue weighted by atomic mass is 9.85. The number of imide groups is 1. The maximum absolute atomic E-state index is 13.6. The Kier molecular flexibility index (Phi) is 5.79. The standard InChI is InChI=1S/C19H18ClFN2O5/c1-10(23-17(25)12-4-2-3-5-13(12)18(23)26)19(27)28-9-16(24)22-15-8-11(20)6-7-14(15)21/h2-3,6-8,10,12-13H,4-5,9H2,1H3,(H,22,24)/t10-,12-,13-/m0/s1. The second-order valence-corrected chi connectivity index (χ2v) is 7.09. The predicted octanol–water partition coefficient (Wildman–Crippen LogP) is 2.30. The first-order chi connectivity index (χ1) is 13.3. The number of fused-ring (bicyclic) bond motifs is 1. The fraction of sp³-hybridized carbons (Fsp3) is 0.368. The maximum atomic E-state index is 13.6. The molecular formula is C19H18ClFN2O5. The first-order valence-electron chi connectivity index (χ1n) is 8.73. The summed E-state index contributed by atoms with van der Waals surface area (Å²) in [5, 5.41) is 2.47. The molecule has 0 aromatic heterocycles. The lowest BCUT2D eigenvalue weighted by Gasteiger charge is -2.21. The third kappa shape index (κ3) is 3.91. The molecule has 0 unspecified atom stereocenters. The van der Waals surface area contributed by atoms with Crippen LogP contribution in [0.5, 0.6) is 0 Å². The number of esters is 1. The maximum Gasteiger partial charge on any atom is 0.329 e. The normalized spacial score (nSPS) is 22.0. The molecule has 0 radical (unpaired) electrons. The van der Waals surface area contributed by atoms with Gasteiger partial charge in [-0.25, -0.2) is 9.18 Å². The summed E-state index contributed by atoms with van der Waals surface area (Å²) in [7, 11) is 0. The van der Waals surface area contributed by atoms with Crippen LogP contribution in [0.15, 0.2) is 30.4 Å². The van der Waals surface area contributed by atoms with Crippen molar-refractivity contribution in [3.05, 3.63) is 41.2 Å². The van der Waals surface area contributed by atoms with Gasteiger partial charge in [-0.05, 0) is 38.0 Å². The van der Waals surface area contributed by atoms with Crippen molar-refractivity contribution in [3.8, 4) is 0 Å². The lowest BCUT2D eigenvalue weighted by Crippen LogP contribution is -2.45. The monoisotopic (exact) mass is 408 g/mol. The molecule has 9 heteroatoms. The Hall–Kier alpha value is -2.74. The summed E-state index contributed by atoms with van der Waals surface area (Å²) < 4.78 is 18.5. The molecule has 7 nitrogen and oxygen atoms in total. The Morgan fingerprint density at radius 1 is 1.25 bits per heavy atom. The van der Waals surface area contributed by atoms with Crippen LogP contribution in [0.3, 0.4) is 0 Å². The molecule has 3 rings (SSSR count). The van der Waals surface area contributed by atoms with Crippen molar-refractivity contribution < 1.29 is 28.3 Å². The number of nitrogens with one attached hydrogen (secondary N) is 1. The van der Waals surface area contributed by atoms with Gasteiger partial charge in [0.1, 0.15) is 11.9 Å². The molecule has 3 amide bonds. The van der Waals surface area contributed by atoms with Crippen molar-refractivity contribution in [2.45, 2.75) is 25.8 Å². The van der Waals surface area contributed by atoms with E-state index in [0.717, 1.165) is 11.0 Å². The Morgan fingerprint density at radius 3 is 2.46 bits per heavy atom. The Bertz CT molecular complexity index is 846. The van der Waals surface area contributed by atoms with Crippen molar-refractivity contribution >= 4 is 41.0 Å². The number of halogens is 2. The van der Waals surface area contributed by atoms with Crippen molar-refractivity contribution in [1.29, 1.82) is 0 Å². The minimum absolute atomic E-state index is 0.150. The zero-order valence-corrected chi connectivity index (χ0v) is 15.7. The van der Waals surface area contributed by atoms with Crippen LogP contribution in [0, 0.1) is 17.7 Å². The van der Waals surface area contributed by atoms with Crippen LogP contribution in [0.1, 0.15) is 19.8 Å². The van der Waals surface area contributed by atoms with E-state index < -0.39 is 54.0 Å². The average Bonchev–Trinajstić information content (AvgIpc) is 2.93. The van der Waals surface area contributed by atoms with E-state index in [-0.39, 0.29) is 10.7 Å². The van der Waals surface area contributed by atoms with E-state index in [0.29, 0.717) is 12.8 Å². The van der Waals surface area contributed by atoms with E-state index in [9.17, 15) is 23.6 Å². The van der Waals surface area contributed by atoms with Crippen LogP contribution in [0.25, 0.3) is 0 Å². The Labute approximate surface area is 165 Å². The number of nitrogens with zero attached hydrogens (tertiary/aromatic N) is 1. The average molecular weight is 409 g/mol. The van der Waals surface area contributed by atoms with Crippen LogP contribution in [-0.4, -0.2) is 41.2 Å². The largest absolute Gasteiger partial charge is 0.454 e. The van der Waals surface area contributed by atoms with Gasteiger partial charge in [0.05, 0.1) is 17.5 Å². The molecule has 0 spiro atoms. The van der Waals surface area contributed by atoms with Gasteiger partial charge in [0.25, 0.3) is 5.91 Å². The van der Waals surface area contributed by atoms with Crippen LogP contribution < -0.4 is 5.32 Å². The minimum atomic E-state index is -1.15. The van der Waals surface area contributed by atoms with Gasteiger partial charge < -0.3 is 10.1 Å². The number of rotatable bonds is 5. The predicted molar refractivity (Wildman–Crippen MR) is 97.7 cm³/mol. The van der Waals surface area contributed by atoms with Crippen LogP contribution in [0.4, 0.5) is 10.1 Å². The topological polar surface area (TPSA) is 92.8 Å². The molecule has 1 aromatic carbocycles. The van der Waals surface area contributed by atoms with Crippen molar-refractivity contribution in [3.63, 3.8) is 0 Å². The van der Waals surface area contributed by atoms with E-state index in [1.54, 1.807) is 0 Å². The van der Waals surface area contributed by atoms with Gasteiger partial charge >= 0.3 is 5.97 Å². The van der Waals surface area contributed by atoms with E-state index >= 15 is 0 Å². The van der Waals surface area contributed by atoms with Gasteiger partial charge in [0.2, 0.25) is 11.8 Å². The summed E-state index contributed by atoms with van der Waals surface area (Å²) in [5.41, 5.74) is -0.150. The zero-order chi connectivity index (χ0) is 20.4. The Morgan fingerprint density at radius 2 is 1.86 bits per heavy atom. The number of hydrogen-bond acceptors (Lipinski definition) is 5. The molecule has 1 aliphatic carbocycles. The third-order valence-electron chi connectivity index (χ3n) is 4.82. The number of anilines is 1. The second kappa shape index (κ2) is 8.10. The number of benzene rings is 1. The summed E-state index contributed by atoms with van der Waals surface area (Å²) in [5.74, 6) is -4.09. The van der Waals surface area contributed by atoms with Crippen LogP contribution in [0.2, 0.25) is 5.02 Å². The summed E-state index contributed by atoms with van der Waals surface area (Å²) in [4.78, 5) is 50.0. The number of amides is 3. The number of carbonyl (C=O) groups excluding carboxylic acids is 4. The smallest absolute Gasteiger partial charge is 0.329 e. The van der Waals surface area contributed by atoms with Gasteiger partial charge in [-0.2, -0.15) is 0 Å². The highest BCUT2D eigenvalue weighted by molar-refractivity contribution is 6.30. The van der Waals surface area contributed by atoms with E-state index in [1.165, 1.54) is 19.1 Å². The molecule has 1 aromatic rings. The summed E-state index contributed by atoms with van der Waals surface area (Å²) in [6.07, 6.45) is 4.61. The molecule has 148 valence electrons. The summed E-state index contributed by atoms with van der Waals surface area (Å²) in [6, 6.07) is 2.48. The van der Waals surface area contributed by atoms with E-state index in [2.05, 4.69) is 5.32 Å². The molecule has 1 saturated heterocycles. The van der Waals surface area contributed by atoms with Gasteiger partial charge in [-0.1, -0.05) is 23.8 Å². The van der Waals surface area contributed by atoms with Crippen molar-refractivity contribution in [2.75, 3.05) is 11.9 Å². The molecular weight excluding hydrogens is 391 g/mol. The van der Waals surface area contributed by atoms with Crippen molar-refractivity contribution in [1.82, 2.24) is 4.90 Å². The van der Waals surface area contributed by atoms with Crippen molar-refractivity contribution in [2.24, 2.45) is 11.8 Å². The lowest BCUT2D eigenvalue weighted by molar-refractivity contribution is -0.159. The summed E-state index contributed by atoms with van der Waals surface area (Å²) in [6.45, 7) is 0.678. The highest BCUT2D eigenvalue weighted by atomic mass is 35.5. The van der Waals surface area contributed by atoms with Gasteiger partial charge in [-0.15, -0.1) is 0 Å². The van der Waals surface area contributed by atoms with Gasteiger partial charge in [0.15, 0.2) is 6.61 Å². The number of hydrogen-bond donors (Lipinski definition) is 1. The third-order valence-corrected chi connectivity index (χ3v) is 5.05. The molecule has 28 heavy (non-hydrogen) atoms.